The molecule has 0 aliphatic carbocycles. The van der Waals surface area contributed by atoms with Crippen molar-refractivity contribution in [1.82, 2.24) is 0 Å². The van der Waals surface area contributed by atoms with Gasteiger partial charge in [0.25, 0.3) is 0 Å². The maximum absolute atomic E-state index is 5.94. The van der Waals surface area contributed by atoms with Crippen LogP contribution in [0.4, 0.5) is 0 Å². The first kappa shape index (κ1) is 12.9. The second-order valence-corrected chi connectivity index (χ2v) is 5.74. The minimum atomic E-state index is 0.728. The molecule has 0 saturated carbocycles. The van der Waals surface area contributed by atoms with Gasteiger partial charge < -0.3 is 0 Å². The van der Waals surface area contributed by atoms with Crippen molar-refractivity contribution in [2.75, 3.05) is 0 Å². The van der Waals surface area contributed by atoms with Crippen molar-refractivity contribution >= 4 is 55.6 Å². The highest BCUT2D eigenvalue weighted by atomic mass is 79.9. The molecule has 0 fully saturated rings. The van der Waals surface area contributed by atoms with Crippen LogP contribution in [0.1, 0.15) is 11.1 Å². The van der Waals surface area contributed by atoms with Gasteiger partial charge in [-0.1, -0.05) is 57.9 Å². The van der Waals surface area contributed by atoms with Gasteiger partial charge in [-0.05, 0) is 51.3 Å². The van der Waals surface area contributed by atoms with E-state index in [1.165, 1.54) is 5.56 Å². The Balaban J connectivity index is 2.20. The zero-order valence-corrected chi connectivity index (χ0v) is 12.8. The minimum Gasteiger partial charge on any atom is -0.0831 e. The van der Waals surface area contributed by atoms with E-state index in [1.54, 1.807) is 0 Å². The Morgan fingerprint density at radius 1 is 0.824 bits per heavy atom. The summed E-state index contributed by atoms with van der Waals surface area (Å²) >= 11 is 12.8. The Hall–Kier alpha value is -0.570. The number of halogens is 3. The second-order valence-electron chi connectivity index (χ2n) is 3.56. The first-order chi connectivity index (χ1) is 8.15. The highest BCUT2D eigenvalue weighted by Crippen LogP contribution is 2.24. The Kier molecular flexibility index (Phi) is 4.43. The van der Waals surface area contributed by atoms with E-state index >= 15 is 0 Å². The summed E-state index contributed by atoms with van der Waals surface area (Å²) in [5, 5.41) is 0.728. The fourth-order valence-electron chi connectivity index (χ4n) is 1.38. The van der Waals surface area contributed by atoms with Crippen LogP contribution in [-0.4, -0.2) is 0 Å². The Bertz CT molecular complexity index is 545. The molecule has 0 unspecified atom stereocenters. The van der Waals surface area contributed by atoms with Gasteiger partial charge in [0.15, 0.2) is 0 Å². The summed E-state index contributed by atoms with van der Waals surface area (Å²) < 4.78 is 2.00. The molecule has 0 aliphatic rings. The van der Waals surface area contributed by atoms with E-state index in [0.717, 1.165) is 19.5 Å². The van der Waals surface area contributed by atoms with E-state index in [2.05, 4.69) is 56.1 Å². The summed E-state index contributed by atoms with van der Waals surface area (Å²) in [5.41, 5.74) is 2.28. The summed E-state index contributed by atoms with van der Waals surface area (Å²) in [5.74, 6) is 0. The molecule has 2 aromatic carbocycles. The average Bonchev–Trinajstić information content (AvgIpc) is 2.33. The van der Waals surface area contributed by atoms with Crippen molar-refractivity contribution in [3.8, 4) is 0 Å². The largest absolute Gasteiger partial charge is 0.0831 e. The monoisotopic (exact) mass is 370 g/mol. The van der Waals surface area contributed by atoms with Crippen molar-refractivity contribution in [3.63, 3.8) is 0 Å². The Morgan fingerprint density at radius 2 is 1.41 bits per heavy atom. The van der Waals surface area contributed by atoms with Crippen molar-refractivity contribution in [2.24, 2.45) is 0 Å². The quantitative estimate of drug-likeness (QED) is 0.564. The van der Waals surface area contributed by atoms with Crippen molar-refractivity contribution < 1.29 is 0 Å². The van der Waals surface area contributed by atoms with Crippen LogP contribution in [0, 0.1) is 0 Å². The molecule has 0 aromatic heterocycles. The molecule has 86 valence electrons. The van der Waals surface area contributed by atoms with Crippen molar-refractivity contribution in [2.45, 2.75) is 0 Å². The third-order valence-electron chi connectivity index (χ3n) is 2.28. The summed E-state index contributed by atoms with van der Waals surface area (Å²) in [6, 6.07) is 14.0. The SMILES string of the molecule is Clc1ccc(C=Cc2ccc(Br)cc2)cc1Br. The van der Waals surface area contributed by atoms with E-state index < -0.39 is 0 Å². The highest BCUT2D eigenvalue weighted by Gasteiger charge is 1.96. The van der Waals surface area contributed by atoms with Crippen LogP contribution in [0.2, 0.25) is 5.02 Å². The average molecular weight is 372 g/mol. The lowest BCUT2D eigenvalue weighted by atomic mass is 10.1. The van der Waals surface area contributed by atoms with E-state index in [9.17, 15) is 0 Å². The molecular formula is C14H9Br2Cl. The molecule has 0 amide bonds. The van der Waals surface area contributed by atoms with Crippen molar-refractivity contribution in [1.29, 1.82) is 0 Å². The van der Waals surface area contributed by atoms with E-state index in [4.69, 9.17) is 11.6 Å². The minimum absolute atomic E-state index is 0.728. The van der Waals surface area contributed by atoms with Gasteiger partial charge in [-0.15, -0.1) is 0 Å². The number of hydrogen-bond donors (Lipinski definition) is 0. The molecule has 0 saturated heterocycles. The summed E-state index contributed by atoms with van der Waals surface area (Å²) in [4.78, 5) is 0. The smallest absolute Gasteiger partial charge is 0.0548 e. The molecule has 2 rings (SSSR count). The lowest BCUT2D eigenvalue weighted by Gasteiger charge is -1.98. The molecule has 0 nitrogen and oxygen atoms in total. The van der Waals surface area contributed by atoms with E-state index in [1.807, 2.05) is 30.3 Å². The molecule has 0 spiro atoms. The van der Waals surface area contributed by atoms with Gasteiger partial charge in [-0.2, -0.15) is 0 Å². The molecule has 0 N–H and O–H groups in total. The van der Waals surface area contributed by atoms with Gasteiger partial charge in [0.2, 0.25) is 0 Å². The molecule has 3 heteroatoms. The third-order valence-corrected chi connectivity index (χ3v) is 4.02. The number of hydrogen-bond acceptors (Lipinski definition) is 0. The van der Waals surface area contributed by atoms with E-state index in [-0.39, 0.29) is 0 Å². The van der Waals surface area contributed by atoms with Crippen LogP contribution in [0.15, 0.2) is 51.4 Å². The zero-order valence-electron chi connectivity index (χ0n) is 8.83. The van der Waals surface area contributed by atoms with Crippen LogP contribution in [0.25, 0.3) is 12.2 Å². The van der Waals surface area contributed by atoms with Crippen LogP contribution in [0.3, 0.4) is 0 Å². The van der Waals surface area contributed by atoms with E-state index in [0.29, 0.717) is 0 Å². The van der Waals surface area contributed by atoms with Crippen LogP contribution < -0.4 is 0 Å². The molecule has 2 aromatic rings. The predicted octanol–water partition coefficient (Wildman–Crippen LogP) is 6.04. The number of benzene rings is 2. The fraction of sp³-hybridized carbons (Fsp3) is 0. The van der Waals surface area contributed by atoms with Crippen LogP contribution in [-0.2, 0) is 0 Å². The van der Waals surface area contributed by atoms with Gasteiger partial charge in [0, 0.05) is 8.95 Å². The van der Waals surface area contributed by atoms with Gasteiger partial charge in [0.1, 0.15) is 0 Å². The van der Waals surface area contributed by atoms with Crippen LogP contribution in [0.5, 0.6) is 0 Å². The Labute approximate surface area is 123 Å². The first-order valence-electron chi connectivity index (χ1n) is 5.04. The van der Waals surface area contributed by atoms with Gasteiger partial charge in [0.05, 0.1) is 5.02 Å². The highest BCUT2D eigenvalue weighted by molar-refractivity contribution is 9.10. The van der Waals surface area contributed by atoms with Gasteiger partial charge in [-0.3, -0.25) is 0 Å². The van der Waals surface area contributed by atoms with Gasteiger partial charge in [-0.25, -0.2) is 0 Å². The zero-order chi connectivity index (χ0) is 12.3. The fourth-order valence-corrected chi connectivity index (χ4v) is 2.16. The van der Waals surface area contributed by atoms with Crippen molar-refractivity contribution in [3.05, 3.63) is 67.6 Å². The van der Waals surface area contributed by atoms with Crippen LogP contribution >= 0.6 is 43.5 Å². The summed E-state index contributed by atoms with van der Waals surface area (Å²) in [7, 11) is 0. The molecule has 0 aliphatic heterocycles. The second kappa shape index (κ2) is 5.85. The topological polar surface area (TPSA) is 0 Å². The maximum atomic E-state index is 5.94. The Morgan fingerprint density at radius 3 is 2.06 bits per heavy atom. The lowest BCUT2D eigenvalue weighted by Crippen LogP contribution is -1.75. The predicted molar refractivity (Wildman–Crippen MR) is 82.2 cm³/mol. The number of rotatable bonds is 2. The van der Waals surface area contributed by atoms with Gasteiger partial charge >= 0.3 is 0 Å². The summed E-state index contributed by atoms with van der Waals surface area (Å²) in [6.07, 6.45) is 4.13. The first-order valence-corrected chi connectivity index (χ1v) is 7.00. The summed E-state index contributed by atoms with van der Waals surface area (Å²) in [6.45, 7) is 0. The molecular weight excluding hydrogens is 363 g/mol. The lowest BCUT2D eigenvalue weighted by molar-refractivity contribution is 1.60. The normalized spacial score (nSPS) is 11.0. The molecule has 0 radical (unpaired) electrons. The molecule has 0 heterocycles. The maximum Gasteiger partial charge on any atom is 0.0548 e. The molecule has 0 bridgehead atoms. The third kappa shape index (κ3) is 3.70. The molecule has 0 atom stereocenters. The standard InChI is InChI=1S/C14H9Br2Cl/c15-12-6-3-10(4-7-12)1-2-11-5-8-14(17)13(16)9-11/h1-9H. The molecule has 17 heavy (non-hydrogen) atoms.